The van der Waals surface area contributed by atoms with Crippen LogP contribution in [0.15, 0.2) is 48.5 Å². The summed E-state index contributed by atoms with van der Waals surface area (Å²) in [4.78, 5) is 28.1. The molecule has 0 unspecified atom stereocenters. The van der Waals surface area contributed by atoms with E-state index in [0.717, 1.165) is 0 Å². The molecule has 0 aliphatic rings. The predicted molar refractivity (Wildman–Crippen MR) is 92.8 cm³/mol. The monoisotopic (exact) mass is 342 g/mol. The minimum absolute atomic E-state index is 0.0267. The van der Waals surface area contributed by atoms with Crippen LogP contribution in [-0.4, -0.2) is 16.7 Å². The molecule has 1 aromatic heterocycles. The summed E-state index contributed by atoms with van der Waals surface area (Å²) in [6.07, 6.45) is 1.03. The van der Waals surface area contributed by atoms with Gasteiger partial charge in [0.1, 0.15) is 5.82 Å². The number of carbonyl (C=O) groups is 2. The molecule has 6 heteroatoms. The van der Waals surface area contributed by atoms with E-state index >= 15 is 0 Å². The molecule has 2 aromatic carbocycles. The first-order chi connectivity index (χ1) is 11.6. The maximum absolute atomic E-state index is 13.2. The minimum atomic E-state index is -0.330. The summed E-state index contributed by atoms with van der Waals surface area (Å²) in [6, 6.07) is 13.3. The number of carbonyl (C=O) groups excluding carboxylic acids is 2. The summed E-state index contributed by atoms with van der Waals surface area (Å²) in [5, 5.41) is 3.14. The third-order valence-corrected chi connectivity index (χ3v) is 4.43. The van der Waals surface area contributed by atoms with Crippen molar-refractivity contribution < 1.29 is 14.0 Å². The van der Waals surface area contributed by atoms with E-state index in [0.29, 0.717) is 33.8 Å². The largest absolute Gasteiger partial charge is 0.302 e. The molecule has 0 radical (unpaired) electrons. The zero-order valence-electron chi connectivity index (χ0n) is 12.8. The van der Waals surface area contributed by atoms with E-state index in [-0.39, 0.29) is 23.9 Å². The number of Topliss-reactive ketones (excluding diaryl/α,β-unsaturated/α-hetero) is 1. The molecule has 0 atom stereocenters. The number of hydrogen-bond donors (Lipinski definition) is 1. The third-order valence-electron chi connectivity index (χ3n) is 3.50. The first kappa shape index (κ1) is 16.3. The number of ketones is 1. The highest BCUT2D eigenvalue weighted by molar-refractivity contribution is 7.22. The Morgan fingerprint density at radius 1 is 1.08 bits per heavy atom. The lowest BCUT2D eigenvalue weighted by molar-refractivity contribution is -0.116. The van der Waals surface area contributed by atoms with Crippen LogP contribution in [0.3, 0.4) is 0 Å². The van der Waals surface area contributed by atoms with Gasteiger partial charge >= 0.3 is 0 Å². The van der Waals surface area contributed by atoms with Crippen molar-refractivity contribution in [3.8, 4) is 0 Å². The summed E-state index contributed by atoms with van der Waals surface area (Å²) >= 11 is 1.23. The van der Waals surface area contributed by atoms with Gasteiger partial charge in [-0.2, -0.15) is 0 Å². The fourth-order valence-electron chi connectivity index (χ4n) is 2.31. The number of thiazole rings is 1. The second-order valence-electron chi connectivity index (χ2n) is 5.32. The lowest BCUT2D eigenvalue weighted by atomic mass is 10.1. The van der Waals surface area contributed by atoms with Crippen LogP contribution in [0.4, 0.5) is 9.52 Å². The standard InChI is InChI=1S/C18H15FN2O2S/c19-13-9-10-14-16(11-13)24-18(20-14)21-17(23)8-4-7-15(22)12-5-2-1-3-6-12/h1-3,5-6,9-11H,4,7-8H2,(H,20,21,23). The van der Waals surface area contributed by atoms with Crippen LogP contribution in [0.25, 0.3) is 10.2 Å². The zero-order valence-corrected chi connectivity index (χ0v) is 13.6. The molecule has 0 bridgehead atoms. The Bertz CT molecular complexity index is 877. The SMILES string of the molecule is O=C(CCCC(=O)c1ccccc1)Nc1nc2ccc(F)cc2s1. The van der Waals surface area contributed by atoms with Crippen molar-refractivity contribution in [3.63, 3.8) is 0 Å². The van der Waals surface area contributed by atoms with Gasteiger partial charge in [-0.25, -0.2) is 9.37 Å². The molecule has 0 saturated heterocycles. The number of fused-ring (bicyclic) bond motifs is 1. The molecule has 0 aliphatic heterocycles. The molecule has 0 fully saturated rings. The quantitative estimate of drug-likeness (QED) is 0.674. The Morgan fingerprint density at radius 3 is 2.67 bits per heavy atom. The average molecular weight is 342 g/mol. The van der Waals surface area contributed by atoms with E-state index in [1.54, 1.807) is 18.2 Å². The Hall–Kier alpha value is -2.60. The summed E-state index contributed by atoms with van der Waals surface area (Å²) in [7, 11) is 0. The molecule has 4 nitrogen and oxygen atoms in total. The lowest BCUT2D eigenvalue weighted by Crippen LogP contribution is -2.11. The van der Waals surface area contributed by atoms with Gasteiger partial charge in [-0.3, -0.25) is 9.59 Å². The molecule has 3 rings (SSSR count). The molecule has 1 heterocycles. The number of benzene rings is 2. The van der Waals surface area contributed by atoms with Crippen LogP contribution in [0.5, 0.6) is 0 Å². The normalized spacial score (nSPS) is 10.7. The molecular weight excluding hydrogens is 327 g/mol. The second-order valence-corrected chi connectivity index (χ2v) is 6.35. The minimum Gasteiger partial charge on any atom is -0.302 e. The van der Waals surface area contributed by atoms with Crippen molar-refractivity contribution in [1.29, 1.82) is 0 Å². The Kier molecular flexibility index (Phi) is 4.96. The second kappa shape index (κ2) is 7.31. The van der Waals surface area contributed by atoms with Crippen molar-refractivity contribution in [3.05, 3.63) is 59.9 Å². The number of amides is 1. The highest BCUT2D eigenvalue weighted by Crippen LogP contribution is 2.26. The molecule has 122 valence electrons. The van der Waals surface area contributed by atoms with Crippen LogP contribution in [0.1, 0.15) is 29.6 Å². The van der Waals surface area contributed by atoms with Gasteiger partial charge in [0, 0.05) is 18.4 Å². The maximum atomic E-state index is 13.2. The number of halogens is 1. The van der Waals surface area contributed by atoms with Gasteiger partial charge < -0.3 is 5.32 Å². The first-order valence-electron chi connectivity index (χ1n) is 7.56. The Morgan fingerprint density at radius 2 is 1.88 bits per heavy atom. The van der Waals surface area contributed by atoms with Crippen molar-refractivity contribution in [2.24, 2.45) is 0 Å². The van der Waals surface area contributed by atoms with Crippen molar-refractivity contribution in [2.45, 2.75) is 19.3 Å². The zero-order chi connectivity index (χ0) is 16.9. The molecule has 24 heavy (non-hydrogen) atoms. The topological polar surface area (TPSA) is 59.1 Å². The smallest absolute Gasteiger partial charge is 0.226 e. The molecule has 0 saturated carbocycles. The fourth-order valence-corrected chi connectivity index (χ4v) is 3.22. The highest BCUT2D eigenvalue weighted by atomic mass is 32.1. The van der Waals surface area contributed by atoms with Gasteiger partial charge in [-0.1, -0.05) is 41.7 Å². The van der Waals surface area contributed by atoms with Crippen molar-refractivity contribution >= 4 is 38.4 Å². The number of anilines is 1. The van der Waals surface area contributed by atoms with Crippen molar-refractivity contribution in [2.75, 3.05) is 5.32 Å². The first-order valence-corrected chi connectivity index (χ1v) is 8.38. The summed E-state index contributed by atoms with van der Waals surface area (Å²) in [5.41, 5.74) is 1.31. The van der Waals surface area contributed by atoms with Crippen LogP contribution < -0.4 is 5.32 Å². The molecule has 0 aliphatic carbocycles. The van der Waals surface area contributed by atoms with E-state index in [9.17, 15) is 14.0 Å². The molecule has 1 N–H and O–H groups in total. The fraction of sp³-hybridized carbons (Fsp3) is 0.167. The molecule has 3 aromatic rings. The van der Waals surface area contributed by atoms with Gasteiger partial charge in [0.2, 0.25) is 5.91 Å². The van der Waals surface area contributed by atoms with E-state index in [1.807, 2.05) is 18.2 Å². The van der Waals surface area contributed by atoms with Crippen LogP contribution in [0, 0.1) is 5.82 Å². The molecule has 1 amide bonds. The Labute approximate surface area is 142 Å². The third kappa shape index (κ3) is 4.02. The Balaban J connectivity index is 1.51. The van der Waals surface area contributed by atoms with E-state index in [2.05, 4.69) is 10.3 Å². The number of aromatic nitrogens is 1. The van der Waals surface area contributed by atoms with Crippen molar-refractivity contribution in [1.82, 2.24) is 4.98 Å². The number of nitrogens with one attached hydrogen (secondary N) is 1. The van der Waals surface area contributed by atoms with E-state index in [1.165, 1.54) is 23.5 Å². The van der Waals surface area contributed by atoms with Gasteiger partial charge in [-0.05, 0) is 24.6 Å². The molecule has 0 spiro atoms. The highest BCUT2D eigenvalue weighted by Gasteiger charge is 2.10. The lowest BCUT2D eigenvalue weighted by Gasteiger charge is -2.02. The summed E-state index contributed by atoms with van der Waals surface area (Å²) in [6.45, 7) is 0. The van der Waals surface area contributed by atoms with E-state index in [4.69, 9.17) is 0 Å². The van der Waals surface area contributed by atoms with Crippen LogP contribution in [0.2, 0.25) is 0 Å². The van der Waals surface area contributed by atoms with Gasteiger partial charge in [-0.15, -0.1) is 0 Å². The van der Waals surface area contributed by atoms with Gasteiger partial charge in [0.25, 0.3) is 0 Å². The number of rotatable bonds is 6. The van der Waals surface area contributed by atoms with E-state index < -0.39 is 0 Å². The predicted octanol–water partition coefficient (Wildman–Crippen LogP) is 4.43. The summed E-state index contributed by atoms with van der Waals surface area (Å²) < 4.78 is 13.8. The molecular formula is C18H15FN2O2S. The maximum Gasteiger partial charge on any atom is 0.226 e. The van der Waals surface area contributed by atoms with Crippen LogP contribution >= 0.6 is 11.3 Å². The average Bonchev–Trinajstić information content (AvgIpc) is 2.96. The number of hydrogen-bond acceptors (Lipinski definition) is 4. The number of nitrogens with zero attached hydrogens (tertiary/aromatic N) is 1. The summed E-state index contributed by atoms with van der Waals surface area (Å²) in [5.74, 6) is -0.502. The van der Waals surface area contributed by atoms with Gasteiger partial charge in [0.15, 0.2) is 10.9 Å². The van der Waals surface area contributed by atoms with Crippen LogP contribution in [-0.2, 0) is 4.79 Å². The van der Waals surface area contributed by atoms with Gasteiger partial charge in [0.05, 0.1) is 10.2 Å².